The smallest absolute Gasteiger partial charge is 0.259 e. The van der Waals surface area contributed by atoms with Crippen molar-refractivity contribution < 1.29 is 4.79 Å². The van der Waals surface area contributed by atoms with Crippen LogP contribution >= 0.6 is 0 Å². The highest BCUT2D eigenvalue weighted by atomic mass is 16.2. The second-order valence-corrected chi connectivity index (χ2v) is 6.39. The highest BCUT2D eigenvalue weighted by Gasteiger charge is 2.21. The van der Waals surface area contributed by atoms with E-state index in [2.05, 4.69) is 10.1 Å². The van der Waals surface area contributed by atoms with Gasteiger partial charge in [-0.3, -0.25) is 9.59 Å². The first-order chi connectivity index (χ1) is 12.0. The fourth-order valence-electron chi connectivity index (χ4n) is 2.91. The Balaban J connectivity index is 2.05. The van der Waals surface area contributed by atoms with Gasteiger partial charge in [0, 0.05) is 19.6 Å². The van der Waals surface area contributed by atoms with Gasteiger partial charge in [0.05, 0.1) is 17.1 Å². The maximum Gasteiger partial charge on any atom is 0.259 e. The second-order valence-electron chi connectivity index (χ2n) is 6.39. The zero-order valence-corrected chi connectivity index (χ0v) is 14.8. The molecule has 0 aliphatic rings. The van der Waals surface area contributed by atoms with Gasteiger partial charge in [-0.25, -0.2) is 4.52 Å². The highest BCUT2D eigenvalue weighted by molar-refractivity contribution is 6.00. The Labute approximate surface area is 145 Å². The standard InChI is InChI=1S/C18H23N5O2/c1-4-9-22(11-10-21(2)3)18(25)14-12-19-23-15-8-6-5-7-13(15)17(24)20-16(14)23/h5-8,12H,4,9-11H2,1-3H3,(H,20,24). The first-order valence-corrected chi connectivity index (χ1v) is 8.45. The van der Waals surface area contributed by atoms with Crippen LogP contribution in [0.25, 0.3) is 16.6 Å². The Morgan fingerprint density at radius 2 is 1.96 bits per heavy atom. The zero-order chi connectivity index (χ0) is 18.0. The molecule has 0 spiro atoms. The van der Waals surface area contributed by atoms with Gasteiger partial charge in [0.2, 0.25) is 0 Å². The first-order valence-electron chi connectivity index (χ1n) is 8.45. The van der Waals surface area contributed by atoms with Gasteiger partial charge in [0.1, 0.15) is 11.2 Å². The Morgan fingerprint density at radius 3 is 2.68 bits per heavy atom. The average molecular weight is 341 g/mol. The minimum atomic E-state index is -0.215. The maximum atomic E-state index is 13.0. The minimum absolute atomic E-state index is 0.107. The van der Waals surface area contributed by atoms with E-state index in [-0.39, 0.29) is 11.5 Å². The molecule has 1 amide bonds. The molecule has 2 heterocycles. The van der Waals surface area contributed by atoms with Crippen LogP contribution in [-0.4, -0.2) is 64.0 Å². The summed E-state index contributed by atoms with van der Waals surface area (Å²) in [6.07, 6.45) is 2.41. The van der Waals surface area contributed by atoms with Crippen molar-refractivity contribution in [2.45, 2.75) is 13.3 Å². The fraction of sp³-hybridized carbons (Fsp3) is 0.389. The molecule has 0 bridgehead atoms. The molecule has 0 atom stereocenters. The number of nitrogens with zero attached hydrogens (tertiary/aromatic N) is 4. The minimum Gasteiger partial charge on any atom is -0.337 e. The number of H-pyrrole nitrogens is 1. The summed E-state index contributed by atoms with van der Waals surface area (Å²) in [5.41, 5.74) is 1.35. The van der Waals surface area contributed by atoms with Gasteiger partial charge in [-0.2, -0.15) is 5.10 Å². The molecule has 132 valence electrons. The van der Waals surface area contributed by atoms with E-state index < -0.39 is 0 Å². The van der Waals surface area contributed by atoms with E-state index in [1.165, 1.54) is 0 Å². The summed E-state index contributed by atoms with van der Waals surface area (Å²) < 4.78 is 1.63. The largest absolute Gasteiger partial charge is 0.337 e. The Kier molecular flexibility index (Phi) is 4.85. The Morgan fingerprint density at radius 1 is 1.20 bits per heavy atom. The molecule has 0 fully saturated rings. The van der Waals surface area contributed by atoms with Crippen LogP contribution in [0.5, 0.6) is 0 Å². The number of benzene rings is 1. The van der Waals surface area contributed by atoms with Gasteiger partial charge < -0.3 is 14.8 Å². The van der Waals surface area contributed by atoms with E-state index in [1.807, 2.05) is 49.0 Å². The molecule has 3 aromatic rings. The van der Waals surface area contributed by atoms with Gasteiger partial charge in [-0.1, -0.05) is 19.1 Å². The van der Waals surface area contributed by atoms with Crippen LogP contribution in [0.1, 0.15) is 23.7 Å². The summed E-state index contributed by atoms with van der Waals surface area (Å²) in [7, 11) is 3.96. The Bertz CT molecular complexity index is 957. The number of hydrogen-bond acceptors (Lipinski definition) is 4. The number of carbonyl (C=O) groups excluding carboxylic acids is 1. The van der Waals surface area contributed by atoms with Crippen LogP contribution in [0, 0.1) is 0 Å². The molecule has 1 N–H and O–H groups in total. The van der Waals surface area contributed by atoms with Crippen molar-refractivity contribution in [1.82, 2.24) is 24.4 Å². The summed E-state index contributed by atoms with van der Waals surface area (Å²) in [6, 6.07) is 7.24. The fourth-order valence-corrected chi connectivity index (χ4v) is 2.91. The van der Waals surface area contributed by atoms with Crippen molar-refractivity contribution in [3.8, 4) is 0 Å². The summed E-state index contributed by atoms with van der Waals surface area (Å²) in [4.78, 5) is 32.0. The summed E-state index contributed by atoms with van der Waals surface area (Å²) in [5.74, 6) is -0.107. The van der Waals surface area contributed by atoms with Crippen LogP contribution in [0.3, 0.4) is 0 Å². The van der Waals surface area contributed by atoms with Crippen molar-refractivity contribution in [2.24, 2.45) is 0 Å². The number of aromatic nitrogens is 3. The number of nitrogens with one attached hydrogen (secondary N) is 1. The molecule has 0 radical (unpaired) electrons. The molecule has 0 saturated heterocycles. The number of amides is 1. The van der Waals surface area contributed by atoms with E-state index in [0.717, 1.165) is 13.0 Å². The van der Waals surface area contributed by atoms with E-state index >= 15 is 0 Å². The summed E-state index contributed by atoms with van der Waals surface area (Å²) in [6.45, 7) is 4.13. The van der Waals surface area contributed by atoms with E-state index in [9.17, 15) is 9.59 Å². The van der Waals surface area contributed by atoms with Gasteiger partial charge in [0.15, 0.2) is 0 Å². The molecule has 0 unspecified atom stereocenters. The van der Waals surface area contributed by atoms with Crippen LogP contribution in [-0.2, 0) is 0 Å². The molecular weight excluding hydrogens is 318 g/mol. The molecular formula is C18H23N5O2. The lowest BCUT2D eigenvalue weighted by Gasteiger charge is -2.23. The van der Waals surface area contributed by atoms with E-state index in [0.29, 0.717) is 35.2 Å². The lowest BCUT2D eigenvalue weighted by atomic mass is 10.2. The van der Waals surface area contributed by atoms with Gasteiger partial charge >= 0.3 is 0 Å². The molecule has 0 saturated carbocycles. The average Bonchev–Trinajstić information content (AvgIpc) is 3.02. The summed E-state index contributed by atoms with van der Waals surface area (Å²) in [5, 5.41) is 4.89. The third-order valence-corrected chi connectivity index (χ3v) is 4.21. The first kappa shape index (κ1) is 17.2. The predicted molar refractivity (Wildman–Crippen MR) is 98.1 cm³/mol. The third kappa shape index (κ3) is 3.28. The Hall–Kier alpha value is -2.67. The monoisotopic (exact) mass is 341 g/mol. The number of aromatic amines is 1. The van der Waals surface area contributed by atoms with Crippen LogP contribution in [0.15, 0.2) is 35.3 Å². The lowest BCUT2D eigenvalue weighted by molar-refractivity contribution is 0.0746. The number of carbonyl (C=O) groups is 1. The van der Waals surface area contributed by atoms with E-state index in [4.69, 9.17) is 0 Å². The van der Waals surface area contributed by atoms with Crippen LogP contribution in [0.2, 0.25) is 0 Å². The SMILES string of the molecule is CCCN(CCN(C)C)C(=O)c1cnn2c1[nH]c(=O)c1ccccc12. The number of para-hydroxylation sites is 1. The van der Waals surface area contributed by atoms with Gasteiger partial charge in [0.25, 0.3) is 11.5 Å². The quantitative estimate of drug-likeness (QED) is 0.739. The lowest BCUT2D eigenvalue weighted by Crippen LogP contribution is -2.37. The zero-order valence-electron chi connectivity index (χ0n) is 14.8. The van der Waals surface area contributed by atoms with Crippen molar-refractivity contribution in [3.05, 3.63) is 46.4 Å². The van der Waals surface area contributed by atoms with Crippen molar-refractivity contribution in [2.75, 3.05) is 33.7 Å². The molecule has 3 rings (SSSR count). The molecule has 1 aromatic carbocycles. The second kappa shape index (κ2) is 7.06. The van der Waals surface area contributed by atoms with Gasteiger partial charge in [-0.05, 0) is 32.6 Å². The number of likely N-dealkylation sites (N-methyl/N-ethyl adjacent to an activating group) is 1. The third-order valence-electron chi connectivity index (χ3n) is 4.21. The van der Waals surface area contributed by atoms with E-state index in [1.54, 1.807) is 16.8 Å². The number of rotatable bonds is 6. The van der Waals surface area contributed by atoms with Crippen LogP contribution in [0.4, 0.5) is 0 Å². The molecule has 7 nitrogen and oxygen atoms in total. The molecule has 0 aliphatic carbocycles. The van der Waals surface area contributed by atoms with Crippen LogP contribution < -0.4 is 5.56 Å². The summed E-state index contributed by atoms with van der Waals surface area (Å²) >= 11 is 0. The topological polar surface area (TPSA) is 73.7 Å². The molecule has 25 heavy (non-hydrogen) atoms. The van der Waals surface area contributed by atoms with Crippen molar-refractivity contribution >= 4 is 22.5 Å². The van der Waals surface area contributed by atoms with Crippen molar-refractivity contribution in [3.63, 3.8) is 0 Å². The molecule has 2 aromatic heterocycles. The van der Waals surface area contributed by atoms with Gasteiger partial charge in [-0.15, -0.1) is 0 Å². The molecule has 7 heteroatoms. The number of hydrogen-bond donors (Lipinski definition) is 1. The van der Waals surface area contributed by atoms with Crippen molar-refractivity contribution in [1.29, 1.82) is 0 Å². The maximum absolute atomic E-state index is 13.0. The molecule has 0 aliphatic heterocycles. The number of fused-ring (bicyclic) bond motifs is 3. The normalized spacial score (nSPS) is 11.5. The predicted octanol–water partition coefficient (Wildman–Crippen LogP) is 1.59. The highest BCUT2D eigenvalue weighted by Crippen LogP contribution is 2.16.